The third kappa shape index (κ3) is 4.18. The van der Waals surface area contributed by atoms with Gasteiger partial charge in [-0.3, -0.25) is 4.52 Å². The first kappa shape index (κ1) is 14.7. The van der Waals surface area contributed by atoms with Gasteiger partial charge in [0, 0.05) is 5.56 Å². The van der Waals surface area contributed by atoms with Gasteiger partial charge >= 0.3 is 8.03 Å². The molecule has 0 bridgehead atoms. The van der Waals surface area contributed by atoms with Crippen molar-refractivity contribution in [2.45, 2.75) is 32.6 Å². The molecule has 104 valence electrons. The molecular weight excluding hydrogens is 267 g/mol. The van der Waals surface area contributed by atoms with Crippen molar-refractivity contribution >= 4 is 13.3 Å². The number of benzene rings is 2. The van der Waals surface area contributed by atoms with Gasteiger partial charge in [0.2, 0.25) is 5.30 Å². The first-order chi connectivity index (χ1) is 9.81. The summed E-state index contributed by atoms with van der Waals surface area (Å²) in [6, 6.07) is 17.2. The number of para-hydroxylation sites is 1. The highest BCUT2D eigenvalue weighted by molar-refractivity contribution is 7.48. The second kappa shape index (κ2) is 7.81. The third-order valence-electron chi connectivity index (χ3n) is 3.17. The summed E-state index contributed by atoms with van der Waals surface area (Å²) in [6.45, 7) is 2.19. The SMILES string of the molecule is CCCCCc1ccccc1[P+](=O)Oc1ccccc1. The van der Waals surface area contributed by atoms with Crippen molar-refractivity contribution in [3.05, 3.63) is 60.2 Å². The van der Waals surface area contributed by atoms with Gasteiger partial charge in [0.1, 0.15) is 0 Å². The van der Waals surface area contributed by atoms with E-state index < -0.39 is 8.03 Å². The van der Waals surface area contributed by atoms with Crippen LogP contribution in [0.1, 0.15) is 31.7 Å². The molecule has 2 aromatic rings. The average molecular weight is 287 g/mol. The maximum absolute atomic E-state index is 12.4. The molecule has 2 nitrogen and oxygen atoms in total. The van der Waals surface area contributed by atoms with Gasteiger partial charge in [0.25, 0.3) is 0 Å². The molecule has 0 aliphatic rings. The third-order valence-corrected chi connectivity index (χ3v) is 4.38. The van der Waals surface area contributed by atoms with Crippen molar-refractivity contribution in [2.24, 2.45) is 0 Å². The lowest BCUT2D eigenvalue weighted by molar-refractivity contribution is 0.514. The number of unbranched alkanes of at least 4 members (excludes halogenated alkanes) is 2. The number of hydrogen-bond acceptors (Lipinski definition) is 2. The van der Waals surface area contributed by atoms with Crippen molar-refractivity contribution in [2.75, 3.05) is 0 Å². The second-order valence-corrected chi connectivity index (χ2v) is 5.93. The largest absolute Gasteiger partial charge is 0.597 e. The van der Waals surface area contributed by atoms with Crippen molar-refractivity contribution in [1.29, 1.82) is 0 Å². The van der Waals surface area contributed by atoms with Crippen LogP contribution in [-0.2, 0) is 11.0 Å². The zero-order valence-corrected chi connectivity index (χ0v) is 12.7. The molecule has 2 aromatic carbocycles. The summed E-state index contributed by atoms with van der Waals surface area (Å²) in [6.07, 6.45) is 4.48. The van der Waals surface area contributed by atoms with E-state index in [4.69, 9.17) is 4.52 Å². The molecule has 0 aliphatic carbocycles. The standard InChI is InChI=1S/C17H20O2P/c1-2-3-5-10-15-11-8-9-14-17(15)20(18)19-16-12-6-4-7-13-16/h4,6-9,11-14H,2-3,5,10H2,1H3/q+1. The first-order valence-electron chi connectivity index (χ1n) is 7.09. The van der Waals surface area contributed by atoms with Gasteiger partial charge < -0.3 is 0 Å². The normalized spacial score (nSPS) is 11.2. The molecule has 0 N–H and O–H groups in total. The van der Waals surface area contributed by atoms with Crippen molar-refractivity contribution in [1.82, 2.24) is 0 Å². The van der Waals surface area contributed by atoms with Crippen LogP contribution in [0.25, 0.3) is 0 Å². The first-order valence-corrected chi connectivity index (χ1v) is 8.27. The molecule has 2 rings (SSSR count). The number of aryl methyl sites for hydroxylation is 1. The fraction of sp³-hybridized carbons (Fsp3) is 0.294. The fourth-order valence-electron chi connectivity index (χ4n) is 2.09. The van der Waals surface area contributed by atoms with E-state index >= 15 is 0 Å². The summed E-state index contributed by atoms with van der Waals surface area (Å²) in [5, 5.41) is 0.822. The zero-order valence-electron chi connectivity index (χ0n) is 11.8. The molecule has 0 saturated heterocycles. The van der Waals surface area contributed by atoms with E-state index in [1.54, 1.807) is 0 Å². The fourth-order valence-corrected chi connectivity index (χ4v) is 3.13. The van der Waals surface area contributed by atoms with Crippen LogP contribution in [0, 0.1) is 0 Å². The zero-order chi connectivity index (χ0) is 14.2. The van der Waals surface area contributed by atoms with Crippen LogP contribution < -0.4 is 9.83 Å². The van der Waals surface area contributed by atoms with Crippen LogP contribution in [0.2, 0.25) is 0 Å². The Morgan fingerprint density at radius 1 is 0.950 bits per heavy atom. The quantitative estimate of drug-likeness (QED) is 0.536. The Morgan fingerprint density at radius 3 is 2.40 bits per heavy atom. The van der Waals surface area contributed by atoms with Gasteiger partial charge in [0.15, 0.2) is 5.75 Å². The molecular formula is C17H20O2P+. The summed E-state index contributed by atoms with van der Waals surface area (Å²) in [4.78, 5) is 0. The molecule has 1 unspecified atom stereocenters. The molecule has 0 heterocycles. The van der Waals surface area contributed by atoms with E-state index in [1.165, 1.54) is 12.8 Å². The van der Waals surface area contributed by atoms with E-state index in [0.717, 1.165) is 23.7 Å². The van der Waals surface area contributed by atoms with Gasteiger partial charge in [-0.15, -0.1) is 0 Å². The van der Waals surface area contributed by atoms with Crippen molar-refractivity contribution in [3.8, 4) is 5.75 Å². The molecule has 0 radical (unpaired) electrons. The Balaban J connectivity index is 2.09. The molecule has 0 amide bonds. The maximum Gasteiger partial charge on any atom is 0.597 e. The van der Waals surface area contributed by atoms with Crippen LogP contribution in [0.15, 0.2) is 54.6 Å². The summed E-state index contributed by atoms with van der Waals surface area (Å²) in [5.74, 6) is 0.650. The number of rotatable bonds is 7. The van der Waals surface area contributed by atoms with E-state index in [2.05, 4.69) is 6.92 Å². The van der Waals surface area contributed by atoms with E-state index in [9.17, 15) is 4.57 Å². The minimum absolute atomic E-state index is 0.650. The molecule has 1 atom stereocenters. The molecule has 0 spiro atoms. The predicted octanol–water partition coefficient (Wildman–Crippen LogP) is 4.87. The smallest absolute Gasteiger partial charge is 0.250 e. The topological polar surface area (TPSA) is 26.3 Å². The van der Waals surface area contributed by atoms with Crippen molar-refractivity contribution in [3.63, 3.8) is 0 Å². The molecule has 0 aliphatic heterocycles. The van der Waals surface area contributed by atoms with Gasteiger partial charge in [-0.2, -0.15) is 0 Å². The summed E-state index contributed by atoms with van der Waals surface area (Å²) in [7, 11) is -1.84. The van der Waals surface area contributed by atoms with Crippen LogP contribution in [0.4, 0.5) is 0 Å². The van der Waals surface area contributed by atoms with Gasteiger partial charge in [-0.25, -0.2) is 0 Å². The predicted molar refractivity (Wildman–Crippen MR) is 84.0 cm³/mol. The van der Waals surface area contributed by atoms with Gasteiger partial charge in [0.05, 0.1) is 0 Å². The Labute approximate surface area is 121 Å². The highest BCUT2D eigenvalue weighted by Crippen LogP contribution is 2.27. The summed E-state index contributed by atoms with van der Waals surface area (Å²) in [5.41, 5.74) is 1.14. The van der Waals surface area contributed by atoms with Crippen molar-refractivity contribution < 1.29 is 9.09 Å². The molecule has 0 saturated carbocycles. The lowest BCUT2D eigenvalue weighted by Gasteiger charge is -2.01. The molecule has 0 aromatic heterocycles. The van der Waals surface area contributed by atoms with Crippen LogP contribution in [0.5, 0.6) is 5.75 Å². The van der Waals surface area contributed by atoms with Crippen LogP contribution >= 0.6 is 8.03 Å². The highest BCUT2D eigenvalue weighted by atomic mass is 31.1. The summed E-state index contributed by atoms with van der Waals surface area (Å²) < 4.78 is 18.0. The Kier molecular flexibility index (Phi) is 5.76. The molecule has 3 heteroatoms. The maximum atomic E-state index is 12.4. The molecule has 0 fully saturated rings. The van der Waals surface area contributed by atoms with Crippen LogP contribution in [0.3, 0.4) is 0 Å². The Bertz CT molecular complexity index is 552. The van der Waals surface area contributed by atoms with Gasteiger partial charge in [-0.05, 0) is 35.6 Å². The Morgan fingerprint density at radius 2 is 1.65 bits per heavy atom. The second-order valence-electron chi connectivity index (χ2n) is 4.75. The number of hydrogen-bond donors (Lipinski definition) is 0. The average Bonchev–Trinajstić information content (AvgIpc) is 2.49. The van der Waals surface area contributed by atoms with E-state index in [-0.39, 0.29) is 0 Å². The minimum Gasteiger partial charge on any atom is -0.250 e. The highest BCUT2D eigenvalue weighted by Gasteiger charge is 2.26. The Hall–Kier alpha value is -1.66. The summed E-state index contributed by atoms with van der Waals surface area (Å²) >= 11 is 0. The van der Waals surface area contributed by atoms with Gasteiger partial charge in [-0.1, -0.05) is 56.2 Å². The minimum atomic E-state index is -1.84. The van der Waals surface area contributed by atoms with E-state index in [1.807, 2.05) is 54.6 Å². The lowest BCUT2D eigenvalue weighted by atomic mass is 10.1. The lowest BCUT2D eigenvalue weighted by Crippen LogP contribution is -2.07. The van der Waals surface area contributed by atoms with E-state index in [0.29, 0.717) is 5.75 Å². The molecule has 20 heavy (non-hydrogen) atoms. The monoisotopic (exact) mass is 287 g/mol. The van der Waals surface area contributed by atoms with Crippen LogP contribution in [-0.4, -0.2) is 0 Å².